The fraction of sp³-hybridized carbons (Fsp3) is 0.222. The Morgan fingerprint density at radius 2 is 1.78 bits per heavy atom. The van der Waals surface area contributed by atoms with Crippen LogP contribution in [0.2, 0.25) is 5.02 Å². The zero-order chi connectivity index (χ0) is 17.0. The molecule has 0 fully saturated rings. The Bertz CT molecular complexity index is 726. The van der Waals surface area contributed by atoms with E-state index in [4.69, 9.17) is 16.3 Å². The first-order valence-electron chi connectivity index (χ1n) is 7.21. The summed E-state index contributed by atoms with van der Waals surface area (Å²) in [6, 6.07) is 11.9. The van der Waals surface area contributed by atoms with Gasteiger partial charge in [0.1, 0.15) is 5.75 Å². The molecule has 0 radical (unpaired) electrons. The third-order valence-electron chi connectivity index (χ3n) is 3.39. The van der Waals surface area contributed by atoms with Crippen molar-refractivity contribution in [2.24, 2.45) is 0 Å². The zero-order valence-corrected chi connectivity index (χ0v) is 14.0. The summed E-state index contributed by atoms with van der Waals surface area (Å²) >= 11 is 5.90. The van der Waals surface area contributed by atoms with Gasteiger partial charge in [0, 0.05) is 16.3 Å². The molecule has 120 valence electrons. The molecule has 0 saturated heterocycles. The number of carbonyl (C=O) groups excluding carboxylic acids is 2. The lowest BCUT2D eigenvalue weighted by Gasteiger charge is -2.16. The Balaban J connectivity index is 2.00. The molecule has 2 aromatic carbocycles. The van der Waals surface area contributed by atoms with Crippen LogP contribution in [0.5, 0.6) is 5.75 Å². The third-order valence-corrected chi connectivity index (χ3v) is 3.62. The van der Waals surface area contributed by atoms with E-state index in [0.29, 0.717) is 22.0 Å². The van der Waals surface area contributed by atoms with E-state index in [9.17, 15) is 9.59 Å². The van der Waals surface area contributed by atoms with Crippen molar-refractivity contribution < 1.29 is 14.3 Å². The standard InChI is InChI=1S/C18H18ClNO3/c1-11-10-15(19)6-9-17(11)20-18(22)13(3)23-16-7-4-14(5-8-16)12(2)21/h4-10,13H,1-3H3,(H,20,22)/t13-/m0/s1. The molecule has 23 heavy (non-hydrogen) atoms. The number of hydrogen-bond acceptors (Lipinski definition) is 3. The Hall–Kier alpha value is -2.33. The molecule has 0 aliphatic carbocycles. The number of ether oxygens (including phenoxy) is 1. The van der Waals surface area contributed by atoms with Gasteiger partial charge in [-0.05, 0) is 68.8 Å². The first kappa shape index (κ1) is 17.0. The van der Waals surface area contributed by atoms with Crippen molar-refractivity contribution in [3.05, 3.63) is 58.6 Å². The molecule has 1 atom stereocenters. The van der Waals surface area contributed by atoms with E-state index in [0.717, 1.165) is 5.56 Å². The van der Waals surface area contributed by atoms with Crippen molar-refractivity contribution in [2.45, 2.75) is 26.9 Å². The highest BCUT2D eigenvalue weighted by atomic mass is 35.5. The summed E-state index contributed by atoms with van der Waals surface area (Å²) in [7, 11) is 0. The molecule has 1 amide bonds. The first-order valence-corrected chi connectivity index (χ1v) is 7.59. The lowest BCUT2D eigenvalue weighted by molar-refractivity contribution is -0.122. The van der Waals surface area contributed by atoms with Gasteiger partial charge in [-0.1, -0.05) is 11.6 Å². The smallest absolute Gasteiger partial charge is 0.265 e. The van der Waals surface area contributed by atoms with Gasteiger partial charge in [0.25, 0.3) is 5.91 Å². The number of Topliss-reactive ketones (excluding diaryl/α,β-unsaturated/α-hetero) is 1. The molecule has 0 unspecified atom stereocenters. The summed E-state index contributed by atoms with van der Waals surface area (Å²) in [5, 5.41) is 3.43. The van der Waals surface area contributed by atoms with Crippen LogP contribution in [0.4, 0.5) is 5.69 Å². The molecule has 4 nitrogen and oxygen atoms in total. The molecular weight excluding hydrogens is 314 g/mol. The Labute approximate surface area is 140 Å². The predicted octanol–water partition coefficient (Wildman–Crippen LogP) is 4.26. The number of ketones is 1. The molecule has 0 bridgehead atoms. The highest BCUT2D eigenvalue weighted by molar-refractivity contribution is 6.30. The second kappa shape index (κ2) is 7.29. The van der Waals surface area contributed by atoms with E-state index < -0.39 is 6.10 Å². The molecule has 0 aliphatic heterocycles. The molecule has 2 rings (SSSR count). The minimum Gasteiger partial charge on any atom is -0.481 e. The predicted molar refractivity (Wildman–Crippen MR) is 91.4 cm³/mol. The maximum Gasteiger partial charge on any atom is 0.265 e. The minimum atomic E-state index is -0.673. The van der Waals surface area contributed by atoms with Crippen LogP contribution in [0, 0.1) is 6.92 Å². The van der Waals surface area contributed by atoms with Gasteiger partial charge in [-0.2, -0.15) is 0 Å². The molecule has 2 aromatic rings. The van der Waals surface area contributed by atoms with E-state index in [-0.39, 0.29) is 11.7 Å². The van der Waals surface area contributed by atoms with Crippen LogP contribution in [0.1, 0.15) is 29.8 Å². The van der Waals surface area contributed by atoms with E-state index in [1.807, 2.05) is 6.92 Å². The van der Waals surface area contributed by atoms with Crippen LogP contribution in [0.3, 0.4) is 0 Å². The molecule has 0 heterocycles. The van der Waals surface area contributed by atoms with Gasteiger partial charge in [0.05, 0.1) is 0 Å². The molecule has 1 N–H and O–H groups in total. The van der Waals surface area contributed by atoms with Gasteiger partial charge in [-0.3, -0.25) is 9.59 Å². The molecule has 0 aliphatic rings. The van der Waals surface area contributed by atoms with Crippen LogP contribution in [-0.4, -0.2) is 17.8 Å². The maximum atomic E-state index is 12.2. The quantitative estimate of drug-likeness (QED) is 0.833. The third kappa shape index (κ3) is 4.57. The van der Waals surface area contributed by atoms with Crippen molar-refractivity contribution in [3.8, 4) is 5.75 Å². The second-order valence-electron chi connectivity index (χ2n) is 5.29. The fourth-order valence-corrected chi connectivity index (χ4v) is 2.25. The molecule has 5 heteroatoms. The molecule has 0 spiro atoms. The van der Waals surface area contributed by atoms with Crippen molar-refractivity contribution in [1.82, 2.24) is 0 Å². The van der Waals surface area contributed by atoms with Crippen molar-refractivity contribution in [3.63, 3.8) is 0 Å². The summed E-state index contributed by atoms with van der Waals surface area (Å²) < 4.78 is 5.60. The lowest BCUT2D eigenvalue weighted by Crippen LogP contribution is -2.30. The van der Waals surface area contributed by atoms with Gasteiger partial charge in [0.2, 0.25) is 0 Å². The van der Waals surface area contributed by atoms with Crippen LogP contribution in [-0.2, 0) is 4.79 Å². The maximum absolute atomic E-state index is 12.2. The highest BCUT2D eigenvalue weighted by Gasteiger charge is 2.16. The molecule has 0 saturated carbocycles. The van der Waals surface area contributed by atoms with Crippen LogP contribution >= 0.6 is 11.6 Å². The number of benzene rings is 2. The number of rotatable bonds is 5. The molecular formula is C18H18ClNO3. The number of aryl methyl sites for hydroxylation is 1. The van der Waals surface area contributed by atoms with Crippen molar-refractivity contribution in [2.75, 3.05) is 5.32 Å². The number of nitrogens with one attached hydrogen (secondary N) is 1. The van der Waals surface area contributed by atoms with Crippen LogP contribution < -0.4 is 10.1 Å². The van der Waals surface area contributed by atoms with Crippen molar-refractivity contribution in [1.29, 1.82) is 0 Å². The number of anilines is 1. The summed E-state index contributed by atoms with van der Waals surface area (Å²) in [5.74, 6) is 0.261. The molecule has 0 aromatic heterocycles. The highest BCUT2D eigenvalue weighted by Crippen LogP contribution is 2.20. The van der Waals surface area contributed by atoms with E-state index in [1.54, 1.807) is 49.4 Å². The number of hydrogen-bond donors (Lipinski definition) is 1. The Kier molecular flexibility index (Phi) is 5.40. The largest absolute Gasteiger partial charge is 0.481 e. The zero-order valence-electron chi connectivity index (χ0n) is 13.2. The lowest BCUT2D eigenvalue weighted by atomic mass is 10.1. The number of carbonyl (C=O) groups is 2. The average Bonchev–Trinajstić information content (AvgIpc) is 2.50. The van der Waals surface area contributed by atoms with E-state index in [2.05, 4.69) is 5.32 Å². The second-order valence-corrected chi connectivity index (χ2v) is 5.73. The summed E-state index contributed by atoms with van der Waals surface area (Å²) in [6.45, 7) is 5.04. The van der Waals surface area contributed by atoms with Crippen molar-refractivity contribution >= 4 is 29.0 Å². The van der Waals surface area contributed by atoms with Gasteiger partial charge in [-0.15, -0.1) is 0 Å². The SMILES string of the molecule is CC(=O)c1ccc(O[C@@H](C)C(=O)Nc2ccc(Cl)cc2C)cc1. The summed E-state index contributed by atoms with van der Waals surface area (Å²) in [5.41, 5.74) is 2.18. The van der Waals surface area contributed by atoms with Gasteiger partial charge in [-0.25, -0.2) is 0 Å². The van der Waals surface area contributed by atoms with Crippen LogP contribution in [0.15, 0.2) is 42.5 Å². The van der Waals surface area contributed by atoms with Gasteiger partial charge < -0.3 is 10.1 Å². The minimum absolute atomic E-state index is 0.0134. The van der Waals surface area contributed by atoms with E-state index in [1.165, 1.54) is 6.92 Å². The normalized spacial score (nSPS) is 11.7. The number of amides is 1. The fourth-order valence-electron chi connectivity index (χ4n) is 2.03. The van der Waals surface area contributed by atoms with Crippen LogP contribution in [0.25, 0.3) is 0 Å². The summed E-state index contributed by atoms with van der Waals surface area (Å²) in [4.78, 5) is 23.4. The van der Waals surface area contributed by atoms with Gasteiger partial charge in [0.15, 0.2) is 11.9 Å². The first-order chi connectivity index (χ1) is 10.9. The summed E-state index contributed by atoms with van der Waals surface area (Å²) in [6.07, 6.45) is -0.673. The Morgan fingerprint density at radius 1 is 1.13 bits per heavy atom. The monoisotopic (exact) mass is 331 g/mol. The average molecular weight is 332 g/mol. The topological polar surface area (TPSA) is 55.4 Å². The Morgan fingerprint density at radius 3 is 2.35 bits per heavy atom. The van der Waals surface area contributed by atoms with E-state index >= 15 is 0 Å². The van der Waals surface area contributed by atoms with Gasteiger partial charge >= 0.3 is 0 Å². The number of halogens is 1.